The van der Waals surface area contributed by atoms with Crippen molar-refractivity contribution in [2.75, 3.05) is 20.3 Å². The molecule has 0 fully saturated rings. The molecule has 0 aliphatic heterocycles. The van der Waals surface area contributed by atoms with E-state index in [9.17, 15) is 0 Å². The van der Waals surface area contributed by atoms with E-state index in [4.69, 9.17) is 15.2 Å². The summed E-state index contributed by atoms with van der Waals surface area (Å²) in [4.78, 5) is 0. The van der Waals surface area contributed by atoms with Gasteiger partial charge in [-0.05, 0) is 30.5 Å². The van der Waals surface area contributed by atoms with Crippen molar-refractivity contribution in [2.24, 2.45) is 11.7 Å². The maximum absolute atomic E-state index is 5.98. The highest BCUT2D eigenvalue weighted by Crippen LogP contribution is 2.32. The molecule has 0 radical (unpaired) electrons. The van der Waals surface area contributed by atoms with E-state index in [0.717, 1.165) is 42.9 Å². The third-order valence-electron chi connectivity index (χ3n) is 3.31. The van der Waals surface area contributed by atoms with Crippen molar-refractivity contribution in [1.29, 1.82) is 0 Å². The first-order chi connectivity index (χ1) is 8.76. The van der Waals surface area contributed by atoms with Gasteiger partial charge in [0.15, 0.2) is 11.5 Å². The molecule has 0 saturated carbocycles. The van der Waals surface area contributed by atoms with E-state index in [1.165, 1.54) is 0 Å². The Morgan fingerprint density at radius 3 is 2.50 bits per heavy atom. The van der Waals surface area contributed by atoms with E-state index in [2.05, 4.69) is 19.9 Å². The summed E-state index contributed by atoms with van der Waals surface area (Å²) in [6, 6.07) is 5.97. The van der Waals surface area contributed by atoms with Gasteiger partial charge in [0.1, 0.15) is 0 Å². The smallest absolute Gasteiger partial charge is 0.164 e. The second-order valence-corrected chi connectivity index (χ2v) is 4.48. The van der Waals surface area contributed by atoms with Gasteiger partial charge in [0.25, 0.3) is 0 Å². The average Bonchev–Trinajstić information content (AvgIpc) is 2.41. The van der Waals surface area contributed by atoms with Gasteiger partial charge in [0.05, 0.1) is 13.7 Å². The van der Waals surface area contributed by atoms with Crippen LogP contribution in [0.3, 0.4) is 0 Å². The molecule has 0 spiro atoms. The number of nitrogens with two attached hydrogens (primary N) is 1. The van der Waals surface area contributed by atoms with Crippen LogP contribution >= 0.6 is 0 Å². The van der Waals surface area contributed by atoms with Gasteiger partial charge in [0.2, 0.25) is 0 Å². The molecule has 1 rings (SSSR count). The maximum Gasteiger partial charge on any atom is 0.164 e. The number of methoxy groups -OCH3 is 1. The van der Waals surface area contributed by atoms with E-state index >= 15 is 0 Å². The predicted molar refractivity (Wildman–Crippen MR) is 75.3 cm³/mol. The molecule has 1 aromatic carbocycles. The van der Waals surface area contributed by atoms with Gasteiger partial charge in [-0.25, -0.2) is 0 Å². The van der Waals surface area contributed by atoms with Gasteiger partial charge in [-0.3, -0.25) is 0 Å². The molecular formula is C15H25NO2. The van der Waals surface area contributed by atoms with Crippen molar-refractivity contribution < 1.29 is 9.47 Å². The fourth-order valence-electron chi connectivity index (χ4n) is 1.96. The van der Waals surface area contributed by atoms with E-state index < -0.39 is 0 Å². The first-order valence-electron chi connectivity index (χ1n) is 6.75. The second-order valence-electron chi connectivity index (χ2n) is 4.48. The highest BCUT2D eigenvalue weighted by atomic mass is 16.5. The van der Waals surface area contributed by atoms with Crippen molar-refractivity contribution in [3.63, 3.8) is 0 Å². The molecule has 0 amide bonds. The number of benzene rings is 1. The van der Waals surface area contributed by atoms with Crippen LogP contribution in [0.1, 0.15) is 32.3 Å². The molecule has 3 heteroatoms. The molecule has 0 saturated heterocycles. The number of hydrogen-bond donors (Lipinski definition) is 1. The summed E-state index contributed by atoms with van der Waals surface area (Å²) in [5.41, 5.74) is 6.76. The Balaban J connectivity index is 2.83. The van der Waals surface area contributed by atoms with Crippen molar-refractivity contribution in [1.82, 2.24) is 0 Å². The van der Waals surface area contributed by atoms with E-state index in [1.807, 2.05) is 12.1 Å². The van der Waals surface area contributed by atoms with Crippen LogP contribution in [0.2, 0.25) is 0 Å². The molecule has 0 unspecified atom stereocenters. The molecule has 0 aromatic heterocycles. The normalized spacial score (nSPS) is 10.7. The summed E-state index contributed by atoms with van der Waals surface area (Å²) < 4.78 is 11.3. The zero-order valence-corrected chi connectivity index (χ0v) is 11.7. The quantitative estimate of drug-likeness (QED) is 0.772. The van der Waals surface area contributed by atoms with Crippen LogP contribution < -0.4 is 15.2 Å². The van der Waals surface area contributed by atoms with Crippen LogP contribution in [-0.4, -0.2) is 20.3 Å². The fraction of sp³-hybridized carbons (Fsp3) is 0.600. The van der Waals surface area contributed by atoms with E-state index in [0.29, 0.717) is 12.5 Å². The zero-order valence-electron chi connectivity index (χ0n) is 11.7. The van der Waals surface area contributed by atoms with E-state index in [1.54, 1.807) is 7.11 Å². The Kier molecular flexibility index (Phi) is 6.58. The minimum Gasteiger partial charge on any atom is -0.493 e. The molecule has 0 bridgehead atoms. The molecule has 102 valence electrons. The van der Waals surface area contributed by atoms with Gasteiger partial charge in [0, 0.05) is 0 Å². The van der Waals surface area contributed by atoms with Gasteiger partial charge in [-0.15, -0.1) is 0 Å². The van der Waals surface area contributed by atoms with Crippen molar-refractivity contribution in [3.8, 4) is 11.5 Å². The van der Waals surface area contributed by atoms with Gasteiger partial charge in [-0.1, -0.05) is 38.8 Å². The summed E-state index contributed by atoms with van der Waals surface area (Å²) in [6.07, 6.45) is 3.09. The Hall–Kier alpha value is -1.22. The fourth-order valence-corrected chi connectivity index (χ4v) is 1.96. The first-order valence-corrected chi connectivity index (χ1v) is 6.75. The summed E-state index contributed by atoms with van der Waals surface area (Å²) in [5, 5.41) is 0. The predicted octanol–water partition coefficient (Wildman–Crippen LogP) is 3.01. The van der Waals surface area contributed by atoms with Crippen LogP contribution in [0.5, 0.6) is 11.5 Å². The molecule has 0 aliphatic carbocycles. The largest absolute Gasteiger partial charge is 0.493 e. The molecule has 0 aliphatic rings. The van der Waals surface area contributed by atoms with Crippen molar-refractivity contribution in [2.45, 2.75) is 33.1 Å². The number of hydrogen-bond acceptors (Lipinski definition) is 3. The third kappa shape index (κ3) is 3.91. The third-order valence-corrected chi connectivity index (χ3v) is 3.31. The summed E-state index contributed by atoms with van der Waals surface area (Å²) in [7, 11) is 1.67. The second kappa shape index (κ2) is 7.98. The van der Waals surface area contributed by atoms with Gasteiger partial charge >= 0.3 is 0 Å². The molecule has 0 heterocycles. The Morgan fingerprint density at radius 2 is 1.94 bits per heavy atom. The standard InChI is InChI=1S/C15H25NO2/c1-4-12(5-2)11-18-15-13(9-10-16)7-6-8-14(15)17-3/h6-8,12H,4-5,9-11,16H2,1-3H3. The topological polar surface area (TPSA) is 44.5 Å². The SMILES string of the molecule is CCC(CC)COc1c(CCN)cccc1OC. The van der Waals surface area contributed by atoms with Crippen LogP contribution in [0.15, 0.2) is 18.2 Å². The molecular weight excluding hydrogens is 226 g/mol. The van der Waals surface area contributed by atoms with Crippen LogP contribution in [0.25, 0.3) is 0 Å². The lowest BCUT2D eigenvalue weighted by atomic mass is 10.1. The van der Waals surface area contributed by atoms with Crippen LogP contribution in [0, 0.1) is 5.92 Å². The highest BCUT2D eigenvalue weighted by Gasteiger charge is 2.12. The van der Waals surface area contributed by atoms with Crippen molar-refractivity contribution in [3.05, 3.63) is 23.8 Å². The lowest BCUT2D eigenvalue weighted by molar-refractivity contribution is 0.228. The molecule has 1 aromatic rings. The molecule has 18 heavy (non-hydrogen) atoms. The number of para-hydroxylation sites is 1. The lowest BCUT2D eigenvalue weighted by Crippen LogP contribution is -2.13. The average molecular weight is 251 g/mol. The van der Waals surface area contributed by atoms with Crippen LogP contribution in [-0.2, 0) is 6.42 Å². The summed E-state index contributed by atoms with van der Waals surface area (Å²) in [6.45, 7) is 5.75. The van der Waals surface area contributed by atoms with Crippen LogP contribution in [0.4, 0.5) is 0 Å². The summed E-state index contributed by atoms with van der Waals surface area (Å²) >= 11 is 0. The van der Waals surface area contributed by atoms with Gasteiger partial charge < -0.3 is 15.2 Å². The highest BCUT2D eigenvalue weighted by molar-refractivity contribution is 5.46. The van der Waals surface area contributed by atoms with E-state index in [-0.39, 0.29) is 0 Å². The minimum absolute atomic E-state index is 0.598. The Bertz CT molecular complexity index is 348. The number of ether oxygens (including phenoxy) is 2. The van der Waals surface area contributed by atoms with Crippen molar-refractivity contribution >= 4 is 0 Å². The number of rotatable bonds is 8. The molecule has 0 atom stereocenters. The zero-order chi connectivity index (χ0) is 13.4. The molecule has 3 nitrogen and oxygen atoms in total. The van der Waals surface area contributed by atoms with Gasteiger partial charge in [-0.2, -0.15) is 0 Å². The minimum atomic E-state index is 0.598. The Morgan fingerprint density at radius 1 is 1.22 bits per heavy atom. The monoisotopic (exact) mass is 251 g/mol. The summed E-state index contributed by atoms with van der Waals surface area (Å²) in [5.74, 6) is 2.25. The molecule has 2 N–H and O–H groups in total. The first kappa shape index (κ1) is 14.8. The lowest BCUT2D eigenvalue weighted by Gasteiger charge is -2.18. The Labute approximate surface area is 110 Å². The maximum atomic E-state index is 5.98.